The maximum atomic E-state index is 13.1. The van der Waals surface area contributed by atoms with Crippen molar-refractivity contribution in [1.82, 2.24) is 0 Å². The Morgan fingerprint density at radius 3 is 2.29 bits per heavy atom. The Hall–Kier alpha value is -1.70. The van der Waals surface area contributed by atoms with E-state index in [1.54, 1.807) is 0 Å². The summed E-state index contributed by atoms with van der Waals surface area (Å²) in [4.78, 5) is -0.111. The highest BCUT2D eigenvalue weighted by atomic mass is 35.5. The molecule has 8 heteroatoms. The van der Waals surface area contributed by atoms with Gasteiger partial charge in [0.15, 0.2) is 0 Å². The van der Waals surface area contributed by atoms with Crippen molar-refractivity contribution < 1.29 is 17.2 Å². The first-order chi connectivity index (χ1) is 9.75. The van der Waals surface area contributed by atoms with Crippen molar-refractivity contribution in [1.29, 1.82) is 0 Å². The third-order valence-corrected chi connectivity index (χ3v) is 3.91. The van der Waals surface area contributed by atoms with Gasteiger partial charge in [0.2, 0.25) is 10.0 Å². The average molecular weight is 333 g/mol. The van der Waals surface area contributed by atoms with Gasteiger partial charge in [0.05, 0.1) is 15.6 Å². The SMILES string of the molecule is NS(=O)(=O)c1ccc(Cl)c(NCc2cc(F)cc(F)c2)c1. The van der Waals surface area contributed by atoms with E-state index < -0.39 is 21.7 Å². The van der Waals surface area contributed by atoms with Gasteiger partial charge in [-0.3, -0.25) is 0 Å². The molecular formula is C13H11ClF2N2O2S. The molecule has 21 heavy (non-hydrogen) atoms. The normalized spacial score (nSPS) is 11.4. The topological polar surface area (TPSA) is 72.2 Å². The summed E-state index contributed by atoms with van der Waals surface area (Å²) in [7, 11) is -3.86. The second-order valence-corrected chi connectivity index (χ2v) is 6.29. The molecule has 0 aliphatic carbocycles. The molecular weight excluding hydrogens is 322 g/mol. The zero-order valence-corrected chi connectivity index (χ0v) is 12.2. The molecule has 0 aliphatic heterocycles. The van der Waals surface area contributed by atoms with Crippen LogP contribution in [0.15, 0.2) is 41.3 Å². The summed E-state index contributed by atoms with van der Waals surface area (Å²) in [5.74, 6) is -1.40. The lowest BCUT2D eigenvalue weighted by Crippen LogP contribution is -2.12. The number of halogens is 3. The molecule has 0 aromatic heterocycles. The van der Waals surface area contributed by atoms with E-state index in [0.717, 1.165) is 18.2 Å². The first-order valence-corrected chi connectivity index (χ1v) is 7.69. The first kappa shape index (κ1) is 15.7. The second-order valence-electron chi connectivity index (χ2n) is 4.32. The summed E-state index contributed by atoms with van der Waals surface area (Å²) in [5.41, 5.74) is 0.650. The molecule has 0 atom stereocenters. The quantitative estimate of drug-likeness (QED) is 0.904. The van der Waals surface area contributed by atoms with Crippen LogP contribution in [0.1, 0.15) is 5.56 Å². The number of nitrogens with one attached hydrogen (secondary N) is 1. The number of sulfonamides is 1. The number of nitrogens with two attached hydrogens (primary N) is 1. The largest absolute Gasteiger partial charge is 0.380 e. The van der Waals surface area contributed by atoms with Gasteiger partial charge in [0, 0.05) is 12.6 Å². The van der Waals surface area contributed by atoms with E-state index in [9.17, 15) is 17.2 Å². The van der Waals surface area contributed by atoms with Gasteiger partial charge in [-0.2, -0.15) is 0 Å². The summed E-state index contributed by atoms with van der Waals surface area (Å²) in [6, 6.07) is 6.98. The number of hydrogen-bond acceptors (Lipinski definition) is 3. The summed E-state index contributed by atoms with van der Waals surface area (Å²) < 4.78 is 48.7. The van der Waals surface area contributed by atoms with E-state index in [-0.39, 0.29) is 16.5 Å². The van der Waals surface area contributed by atoms with Gasteiger partial charge in [-0.25, -0.2) is 22.3 Å². The van der Waals surface area contributed by atoms with Gasteiger partial charge in [-0.05, 0) is 35.9 Å². The zero-order chi connectivity index (χ0) is 15.6. The zero-order valence-electron chi connectivity index (χ0n) is 10.6. The number of primary sulfonamides is 1. The summed E-state index contributed by atoms with van der Waals surface area (Å²) in [6.07, 6.45) is 0. The fourth-order valence-electron chi connectivity index (χ4n) is 1.73. The van der Waals surface area contributed by atoms with E-state index in [1.807, 2.05) is 0 Å². The molecule has 4 nitrogen and oxygen atoms in total. The van der Waals surface area contributed by atoms with E-state index >= 15 is 0 Å². The monoisotopic (exact) mass is 332 g/mol. The van der Waals surface area contributed by atoms with Crippen LogP contribution in [0.5, 0.6) is 0 Å². The molecule has 0 amide bonds. The third kappa shape index (κ3) is 4.13. The number of rotatable bonds is 4. The fourth-order valence-corrected chi connectivity index (χ4v) is 2.45. The van der Waals surface area contributed by atoms with Crippen LogP contribution in [0.25, 0.3) is 0 Å². The average Bonchev–Trinajstić information content (AvgIpc) is 2.35. The highest BCUT2D eigenvalue weighted by Gasteiger charge is 2.11. The van der Waals surface area contributed by atoms with E-state index in [1.165, 1.54) is 18.2 Å². The van der Waals surface area contributed by atoms with Crippen molar-refractivity contribution >= 4 is 27.3 Å². The molecule has 112 valence electrons. The Morgan fingerprint density at radius 2 is 1.71 bits per heavy atom. The molecule has 3 N–H and O–H groups in total. The molecule has 0 aliphatic rings. The van der Waals surface area contributed by atoms with Crippen LogP contribution in [0.3, 0.4) is 0 Å². The predicted molar refractivity (Wildman–Crippen MR) is 76.5 cm³/mol. The van der Waals surface area contributed by atoms with E-state index in [4.69, 9.17) is 16.7 Å². The van der Waals surface area contributed by atoms with Crippen molar-refractivity contribution in [2.45, 2.75) is 11.4 Å². The number of hydrogen-bond donors (Lipinski definition) is 2. The Morgan fingerprint density at radius 1 is 1.10 bits per heavy atom. The van der Waals surface area contributed by atoms with E-state index in [0.29, 0.717) is 11.3 Å². The van der Waals surface area contributed by atoms with Crippen molar-refractivity contribution in [3.8, 4) is 0 Å². The lowest BCUT2D eigenvalue weighted by molar-refractivity contribution is 0.580. The molecule has 2 aromatic carbocycles. The Balaban J connectivity index is 2.23. The summed E-state index contributed by atoms with van der Waals surface area (Å²) in [6.45, 7) is 0.0719. The van der Waals surface area contributed by atoms with Crippen molar-refractivity contribution in [3.63, 3.8) is 0 Å². The standard InChI is InChI=1S/C13H11ClF2N2O2S/c14-12-2-1-11(21(17,19)20)6-13(12)18-7-8-3-9(15)5-10(16)4-8/h1-6,18H,7H2,(H2,17,19,20). The fraction of sp³-hybridized carbons (Fsp3) is 0.0769. The second kappa shape index (κ2) is 5.97. The molecule has 0 bridgehead atoms. The maximum Gasteiger partial charge on any atom is 0.238 e. The van der Waals surface area contributed by atoms with Crippen LogP contribution in [-0.4, -0.2) is 8.42 Å². The maximum absolute atomic E-state index is 13.1. The minimum Gasteiger partial charge on any atom is -0.380 e. The van der Waals surface area contributed by atoms with Gasteiger partial charge >= 0.3 is 0 Å². The molecule has 2 aromatic rings. The highest BCUT2D eigenvalue weighted by Crippen LogP contribution is 2.25. The molecule has 0 unspecified atom stereocenters. The van der Waals surface area contributed by atoms with Crippen LogP contribution < -0.4 is 10.5 Å². The van der Waals surface area contributed by atoms with Crippen LogP contribution in [0, 0.1) is 11.6 Å². The highest BCUT2D eigenvalue weighted by molar-refractivity contribution is 7.89. The Kier molecular flexibility index (Phi) is 4.46. The molecule has 0 saturated heterocycles. The van der Waals surface area contributed by atoms with Gasteiger partial charge in [0.25, 0.3) is 0 Å². The lowest BCUT2D eigenvalue weighted by atomic mass is 10.2. The van der Waals surface area contributed by atoms with Gasteiger partial charge in [-0.1, -0.05) is 11.6 Å². The van der Waals surface area contributed by atoms with Crippen LogP contribution in [0.2, 0.25) is 5.02 Å². The molecule has 0 spiro atoms. The van der Waals surface area contributed by atoms with Crippen LogP contribution >= 0.6 is 11.6 Å². The van der Waals surface area contributed by atoms with Gasteiger partial charge < -0.3 is 5.32 Å². The third-order valence-electron chi connectivity index (χ3n) is 2.67. The molecule has 0 radical (unpaired) electrons. The lowest BCUT2D eigenvalue weighted by Gasteiger charge is -2.10. The summed E-state index contributed by atoms with van der Waals surface area (Å²) in [5, 5.41) is 8.10. The van der Waals surface area contributed by atoms with Crippen molar-refractivity contribution in [2.75, 3.05) is 5.32 Å². The molecule has 2 rings (SSSR count). The van der Waals surface area contributed by atoms with E-state index in [2.05, 4.69) is 5.32 Å². The van der Waals surface area contributed by atoms with Crippen LogP contribution in [0.4, 0.5) is 14.5 Å². The molecule has 0 saturated carbocycles. The molecule has 0 heterocycles. The van der Waals surface area contributed by atoms with Crippen molar-refractivity contribution in [3.05, 3.63) is 58.6 Å². The number of benzene rings is 2. The minimum atomic E-state index is -3.86. The van der Waals surface area contributed by atoms with Crippen LogP contribution in [-0.2, 0) is 16.6 Å². The first-order valence-electron chi connectivity index (χ1n) is 5.77. The van der Waals surface area contributed by atoms with Gasteiger partial charge in [-0.15, -0.1) is 0 Å². The summed E-state index contributed by atoms with van der Waals surface area (Å²) >= 11 is 5.93. The minimum absolute atomic E-state index is 0.0719. The number of anilines is 1. The Labute approximate surface area is 125 Å². The predicted octanol–water partition coefficient (Wildman–Crippen LogP) is 2.88. The molecule has 0 fully saturated rings. The smallest absolute Gasteiger partial charge is 0.238 e. The Bertz CT molecular complexity index is 761. The van der Waals surface area contributed by atoms with Gasteiger partial charge in [0.1, 0.15) is 11.6 Å². The van der Waals surface area contributed by atoms with Crippen molar-refractivity contribution in [2.24, 2.45) is 5.14 Å².